The smallest absolute Gasteiger partial charge is 0.312 e. The molecule has 80 valence electrons. The van der Waals surface area contributed by atoms with Crippen LogP contribution >= 0.6 is 0 Å². The number of carbonyl (C=O) groups excluding carboxylic acids is 1. The van der Waals surface area contributed by atoms with E-state index in [0.29, 0.717) is 0 Å². The molecule has 0 N–H and O–H groups in total. The van der Waals surface area contributed by atoms with Crippen LogP contribution in [0.4, 0.5) is 0 Å². The predicted molar refractivity (Wildman–Crippen MR) is 61.6 cm³/mol. The van der Waals surface area contributed by atoms with Gasteiger partial charge in [0.1, 0.15) is 0 Å². The highest BCUT2D eigenvalue weighted by Crippen LogP contribution is 2.17. The molecular weight excluding hydrogens is 188 g/mol. The Morgan fingerprint density at radius 2 is 1.93 bits per heavy atom. The van der Waals surface area contributed by atoms with E-state index < -0.39 is 0 Å². The van der Waals surface area contributed by atoms with Crippen LogP contribution in [0.15, 0.2) is 30.3 Å². The maximum Gasteiger partial charge on any atom is 0.312 e. The molecule has 0 saturated heterocycles. The first-order valence-corrected chi connectivity index (χ1v) is 4.99. The van der Waals surface area contributed by atoms with Crippen molar-refractivity contribution in [1.82, 2.24) is 0 Å². The summed E-state index contributed by atoms with van der Waals surface area (Å²) < 4.78 is 4.69. The topological polar surface area (TPSA) is 26.3 Å². The standard InChI is InChI=1S/C13H16O2/c1-4-5-11-6-8-12(9-7-11)10(2)13(14)15-3/h4-10H,1-3H3/b5-4+/t10-/m1/s1. The SMILES string of the molecule is C/C=C/c1ccc([C@@H](C)C(=O)OC)cc1. The van der Waals surface area contributed by atoms with Gasteiger partial charge in [-0.2, -0.15) is 0 Å². The van der Waals surface area contributed by atoms with E-state index in [1.807, 2.05) is 50.3 Å². The summed E-state index contributed by atoms with van der Waals surface area (Å²) in [6.45, 7) is 3.82. The average Bonchev–Trinajstić information content (AvgIpc) is 2.28. The second-order valence-corrected chi connectivity index (χ2v) is 3.41. The zero-order chi connectivity index (χ0) is 11.3. The van der Waals surface area contributed by atoms with Gasteiger partial charge in [0, 0.05) is 0 Å². The average molecular weight is 204 g/mol. The number of carbonyl (C=O) groups is 1. The summed E-state index contributed by atoms with van der Waals surface area (Å²) in [7, 11) is 1.41. The Morgan fingerprint density at radius 3 is 2.40 bits per heavy atom. The van der Waals surface area contributed by atoms with Crippen molar-refractivity contribution in [3.8, 4) is 0 Å². The molecule has 0 spiro atoms. The highest BCUT2D eigenvalue weighted by atomic mass is 16.5. The third kappa shape index (κ3) is 2.94. The minimum absolute atomic E-state index is 0.199. The number of benzene rings is 1. The quantitative estimate of drug-likeness (QED) is 0.707. The van der Waals surface area contributed by atoms with Gasteiger partial charge in [-0.15, -0.1) is 0 Å². The van der Waals surface area contributed by atoms with E-state index in [0.717, 1.165) is 11.1 Å². The van der Waals surface area contributed by atoms with E-state index in [1.54, 1.807) is 0 Å². The van der Waals surface area contributed by atoms with Crippen molar-refractivity contribution in [3.05, 3.63) is 41.5 Å². The Kier molecular flexibility index (Phi) is 4.10. The molecule has 2 heteroatoms. The summed E-state index contributed by atoms with van der Waals surface area (Å²) in [5, 5.41) is 0. The van der Waals surface area contributed by atoms with Crippen LogP contribution in [0, 0.1) is 0 Å². The minimum atomic E-state index is -0.200. The minimum Gasteiger partial charge on any atom is -0.469 e. The second-order valence-electron chi connectivity index (χ2n) is 3.41. The summed E-state index contributed by atoms with van der Waals surface area (Å²) in [5.41, 5.74) is 2.12. The fourth-order valence-corrected chi connectivity index (χ4v) is 1.40. The molecule has 1 atom stereocenters. The highest BCUT2D eigenvalue weighted by Gasteiger charge is 2.14. The van der Waals surface area contributed by atoms with E-state index in [9.17, 15) is 4.79 Å². The predicted octanol–water partition coefficient (Wildman–Crippen LogP) is 3.00. The normalized spacial score (nSPS) is 12.7. The molecule has 1 rings (SSSR count). The molecule has 0 saturated carbocycles. The van der Waals surface area contributed by atoms with Gasteiger partial charge >= 0.3 is 5.97 Å². The number of ether oxygens (including phenoxy) is 1. The van der Waals surface area contributed by atoms with Crippen molar-refractivity contribution in [2.24, 2.45) is 0 Å². The second kappa shape index (κ2) is 5.35. The molecule has 0 amide bonds. The van der Waals surface area contributed by atoms with Crippen molar-refractivity contribution in [3.63, 3.8) is 0 Å². The van der Waals surface area contributed by atoms with Crippen LogP contribution in [-0.4, -0.2) is 13.1 Å². The lowest BCUT2D eigenvalue weighted by molar-refractivity contribution is -0.141. The molecule has 0 radical (unpaired) electrons. The van der Waals surface area contributed by atoms with Gasteiger partial charge in [0.05, 0.1) is 13.0 Å². The van der Waals surface area contributed by atoms with Crippen LogP contribution in [0.2, 0.25) is 0 Å². The Balaban J connectivity index is 2.84. The lowest BCUT2D eigenvalue weighted by atomic mass is 10.00. The van der Waals surface area contributed by atoms with Gasteiger partial charge in [-0.1, -0.05) is 36.4 Å². The van der Waals surface area contributed by atoms with Crippen LogP contribution in [0.25, 0.3) is 6.08 Å². The van der Waals surface area contributed by atoms with Gasteiger partial charge in [-0.05, 0) is 25.0 Å². The lowest BCUT2D eigenvalue weighted by Gasteiger charge is -2.09. The van der Waals surface area contributed by atoms with Gasteiger partial charge in [-0.3, -0.25) is 4.79 Å². The largest absolute Gasteiger partial charge is 0.469 e. The van der Waals surface area contributed by atoms with E-state index in [4.69, 9.17) is 4.74 Å². The van der Waals surface area contributed by atoms with Gasteiger partial charge in [-0.25, -0.2) is 0 Å². The summed E-state index contributed by atoms with van der Waals surface area (Å²) in [4.78, 5) is 11.3. The van der Waals surface area contributed by atoms with Crippen LogP contribution < -0.4 is 0 Å². The molecule has 0 fully saturated rings. The van der Waals surface area contributed by atoms with E-state index in [2.05, 4.69) is 0 Å². The third-order valence-electron chi connectivity index (χ3n) is 2.35. The van der Waals surface area contributed by atoms with Crippen molar-refractivity contribution < 1.29 is 9.53 Å². The van der Waals surface area contributed by atoms with Crippen LogP contribution in [0.5, 0.6) is 0 Å². The molecule has 0 aliphatic carbocycles. The lowest BCUT2D eigenvalue weighted by Crippen LogP contribution is -2.10. The van der Waals surface area contributed by atoms with Crippen LogP contribution in [-0.2, 0) is 9.53 Å². The molecule has 0 heterocycles. The fourth-order valence-electron chi connectivity index (χ4n) is 1.40. The van der Waals surface area contributed by atoms with Gasteiger partial charge in [0.15, 0.2) is 0 Å². The molecule has 1 aromatic carbocycles. The first-order chi connectivity index (χ1) is 7.19. The number of allylic oxidation sites excluding steroid dienone is 1. The molecule has 1 aromatic rings. The van der Waals surface area contributed by atoms with Crippen molar-refractivity contribution in [2.75, 3.05) is 7.11 Å². The summed E-state index contributed by atoms with van der Waals surface area (Å²) >= 11 is 0. The molecule has 0 bridgehead atoms. The van der Waals surface area contributed by atoms with Crippen molar-refractivity contribution >= 4 is 12.0 Å². The number of rotatable bonds is 3. The highest BCUT2D eigenvalue weighted by molar-refractivity contribution is 5.77. The van der Waals surface area contributed by atoms with E-state index in [-0.39, 0.29) is 11.9 Å². The van der Waals surface area contributed by atoms with Crippen LogP contribution in [0.1, 0.15) is 30.9 Å². The first-order valence-electron chi connectivity index (χ1n) is 4.99. The zero-order valence-electron chi connectivity index (χ0n) is 9.36. The molecular formula is C13H16O2. The van der Waals surface area contributed by atoms with E-state index in [1.165, 1.54) is 7.11 Å². The van der Waals surface area contributed by atoms with Gasteiger partial charge < -0.3 is 4.74 Å². The Labute approximate surface area is 90.6 Å². The molecule has 0 aliphatic rings. The van der Waals surface area contributed by atoms with Gasteiger partial charge in [0.2, 0.25) is 0 Å². The zero-order valence-corrected chi connectivity index (χ0v) is 9.36. The monoisotopic (exact) mass is 204 g/mol. The van der Waals surface area contributed by atoms with Crippen LogP contribution in [0.3, 0.4) is 0 Å². The molecule has 15 heavy (non-hydrogen) atoms. The fraction of sp³-hybridized carbons (Fsp3) is 0.308. The molecule has 0 unspecified atom stereocenters. The Morgan fingerprint density at radius 1 is 1.33 bits per heavy atom. The maximum absolute atomic E-state index is 11.3. The third-order valence-corrected chi connectivity index (χ3v) is 2.35. The summed E-state index contributed by atoms with van der Waals surface area (Å²) in [5.74, 6) is -0.400. The number of esters is 1. The molecule has 2 nitrogen and oxygen atoms in total. The van der Waals surface area contributed by atoms with Crippen molar-refractivity contribution in [2.45, 2.75) is 19.8 Å². The van der Waals surface area contributed by atoms with Gasteiger partial charge in [0.25, 0.3) is 0 Å². The van der Waals surface area contributed by atoms with Crippen molar-refractivity contribution in [1.29, 1.82) is 0 Å². The number of methoxy groups -OCH3 is 1. The number of hydrogen-bond acceptors (Lipinski definition) is 2. The first kappa shape index (κ1) is 11.5. The Hall–Kier alpha value is -1.57. The molecule has 0 aromatic heterocycles. The maximum atomic E-state index is 11.3. The Bertz CT molecular complexity index is 349. The summed E-state index contributed by atoms with van der Waals surface area (Å²) in [6, 6.07) is 7.90. The molecule has 0 aliphatic heterocycles. The van der Waals surface area contributed by atoms with E-state index >= 15 is 0 Å². The number of hydrogen-bond donors (Lipinski definition) is 0. The summed E-state index contributed by atoms with van der Waals surface area (Å²) in [6.07, 6.45) is 4.01.